The van der Waals surface area contributed by atoms with E-state index in [2.05, 4.69) is 27.5 Å². The number of piperidine rings is 1. The van der Waals surface area contributed by atoms with Crippen molar-refractivity contribution in [3.63, 3.8) is 0 Å². The summed E-state index contributed by atoms with van der Waals surface area (Å²) in [6.07, 6.45) is 5.81. The average molecular weight is 449 g/mol. The van der Waals surface area contributed by atoms with E-state index in [0.717, 1.165) is 62.4 Å². The van der Waals surface area contributed by atoms with Crippen molar-refractivity contribution in [3.8, 4) is 27.4 Å². The number of phenols is 1. The Morgan fingerprint density at radius 2 is 1.93 bits per heavy atom. The van der Waals surface area contributed by atoms with Crippen LogP contribution in [0.2, 0.25) is 0 Å². The zero-order chi connectivity index (χ0) is 19.1. The van der Waals surface area contributed by atoms with Crippen LogP contribution in [0.3, 0.4) is 0 Å². The molecule has 0 bridgehead atoms. The first-order chi connectivity index (χ1) is 13.7. The highest BCUT2D eigenvalue weighted by Crippen LogP contribution is 2.39. The molecule has 152 valence electrons. The van der Waals surface area contributed by atoms with Gasteiger partial charge in [0.1, 0.15) is 10.8 Å². The van der Waals surface area contributed by atoms with E-state index in [-0.39, 0.29) is 18.2 Å². The Morgan fingerprint density at radius 3 is 2.62 bits per heavy atom. The molecule has 7 nitrogen and oxygen atoms in total. The lowest BCUT2D eigenvalue weighted by molar-refractivity contribution is 0.264. The SMILES string of the molecule is CN1CCC(Nc2nc3sc(-c4ccc(-c5cn[nH]c5)cc4O)nc3s2)CC1.Cl. The van der Waals surface area contributed by atoms with Crippen molar-refractivity contribution in [2.45, 2.75) is 18.9 Å². The first kappa shape index (κ1) is 20.1. The van der Waals surface area contributed by atoms with Crippen molar-refractivity contribution < 1.29 is 5.11 Å². The van der Waals surface area contributed by atoms with E-state index in [1.54, 1.807) is 29.8 Å². The van der Waals surface area contributed by atoms with E-state index in [1.807, 2.05) is 12.1 Å². The minimum absolute atomic E-state index is 0. The van der Waals surface area contributed by atoms with Crippen molar-refractivity contribution in [2.75, 3.05) is 25.5 Å². The number of likely N-dealkylation sites (tertiary alicyclic amines) is 1. The van der Waals surface area contributed by atoms with Crippen LogP contribution < -0.4 is 5.32 Å². The number of H-pyrrole nitrogens is 1. The molecule has 4 heterocycles. The van der Waals surface area contributed by atoms with Gasteiger partial charge in [-0.1, -0.05) is 28.7 Å². The van der Waals surface area contributed by atoms with Gasteiger partial charge in [0.05, 0.1) is 11.8 Å². The standard InChI is InChI=1S/C19H20N6OS2.ClH/c1-25-6-4-13(5-7-25)22-19-24-18-17(28-19)23-16(27-18)14-3-2-11(8-15(14)26)12-9-20-21-10-12;/h2-3,8-10,13,26H,4-7H2,1H3,(H,20,21)(H,22,24);1H. The minimum atomic E-state index is 0. The molecule has 3 aromatic heterocycles. The minimum Gasteiger partial charge on any atom is -0.507 e. The van der Waals surface area contributed by atoms with Crippen LogP contribution in [0.15, 0.2) is 30.6 Å². The van der Waals surface area contributed by atoms with Gasteiger partial charge >= 0.3 is 0 Å². The number of hydrogen-bond acceptors (Lipinski definition) is 8. The Kier molecular flexibility index (Phi) is 5.73. The molecule has 0 amide bonds. The molecule has 1 fully saturated rings. The predicted molar refractivity (Wildman–Crippen MR) is 121 cm³/mol. The maximum absolute atomic E-state index is 10.5. The number of nitrogens with zero attached hydrogens (tertiary/aromatic N) is 4. The number of rotatable bonds is 4. The highest BCUT2D eigenvalue weighted by molar-refractivity contribution is 7.29. The molecular weight excluding hydrogens is 428 g/mol. The number of halogens is 1. The first-order valence-corrected chi connectivity index (χ1v) is 10.8. The summed E-state index contributed by atoms with van der Waals surface area (Å²) in [6.45, 7) is 2.24. The molecule has 3 N–H and O–H groups in total. The molecule has 0 unspecified atom stereocenters. The van der Waals surface area contributed by atoms with Crippen LogP contribution in [-0.4, -0.2) is 56.4 Å². The van der Waals surface area contributed by atoms with Crippen LogP contribution in [0.1, 0.15) is 12.8 Å². The quantitative estimate of drug-likeness (QED) is 0.427. The van der Waals surface area contributed by atoms with Crippen LogP contribution >= 0.6 is 35.1 Å². The smallest absolute Gasteiger partial charge is 0.186 e. The zero-order valence-electron chi connectivity index (χ0n) is 15.8. The third kappa shape index (κ3) is 4.09. The lowest BCUT2D eigenvalue weighted by Gasteiger charge is -2.29. The number of anilines is 1. The molecule has 1 aliphatic rings. The largest absolute Gasteiger partial charge is 0.507 e. The monoisotopic (exact) mass is 448 g/mol. The van der Waals surface area contributed by atoms with Gasteiger partial charge in [0.25, 0.3) is 0 Å². The summed E-state index contributed by atoms with van der Waals surface area (Å²) in [4.78, 5) is 13.6. The van der Waals surface area contributed by atoms with Crippen molar-refractivity contribution in [1.82, 2.24) is 25.1 Å². The van der Waals surface area contributed by atoms with Crippen molar-refractivity contribution in [1.29, 1.82) is 0 Å². The van der Waals surface area contributed by atoms with Gasteiger partial charge in [0.15, 0.2) is 14.8 Å². The molecule has 29 heavy (non-hydrogen) atoms. The molecule has 1 saturated heterocycles. The van der Waals surface area contributed by atoms with E-state index < -0.39 is 0 Å². The van der Waals surface area contributed by atoms with Crippen LogP contribution in [0.5, 0.6) is 5.75 Å². The van der Waals surface area contributed by atoms with E-state index in [1.165, 1.54) is 11.3 Å². The van der Waals surface area contributed by atoms with Gasteiger partial charge in [0.2, 0.25) is 0 Å². The Labute approximate surface area is 182 Å². The van der Waals surface area contributed by atoms with E-state index in [4.69, 9.17) is 9.97 Å². The average Bonchev–Trinajstić information content (AvgIpc) is 3.40. The van der Waals surface area contributed by atoms with Crippen molar-refractivity contribution in [3.05, 3.63) is 30.6 Å². The molecule has 0 atom stereocenters. The normalized spacial score (nSPS) is 15.5. The van der Waals surface area contributed by atoms with Gasteiger partial charge in [-0.2, -0.15) is 5.10 Å². The van der Waals surface area contributed by atoms with Gasteiger partial charge in [-0.15, -0.1) is 12.4 Å². The molecule has 10 heteroatoms. The highest BCUT2D eigenvalue weighted by Gasteiger charge is 2.19. The topological polar surface area (TPSA) is 90.0 Å². The predicted octanol–water partition coefficient (Wildman–Crippen LogP) is 4.44. The third-order valence-electron chi connectivity index (χ3n) is 5.08. The van der Waals surface area contributed by atoms with E-state index >= 15 is 0 Å². The Bertz CT molecular complexity index is 1070. The molecule has 5 rings (SSSR count). The number of aromatic amines is 1. The number of benzene rings is 1. The number of hydrogen-bond donors (Lipinski definition) is 3. The van der Waals surface area contributed by atoms with Gasteiger partial charge in [-0.3, -0.25) is 5.10 Å². The lowest BCUT2D eigenvalue weighted by atomic mass is 10.1. The van der Waals surface area contributed by atoms with Gasteiger partial charge in [-0.05, 0) is 50.7 Å². The maximum Gasteiger partial charge on any atom is 0.186 e. The van der Waals surface area contributed by atoms with Crippen LogP contribution in [0.25, 0.3) is 31.4 Å². The second-order valence-corrected chi connectivity index (χ2v) is 9.04. The lowest BCUT2D eigenvalue weighted by Crippen LogP contribution is -2.36. The summed E-state index contributed by atoms with van der Waals surface area (Å²) >= 11 is 3.10. The molecule has 0 saturated carbocycles. The number of aromatic hydroxyl groups is 1. The summed E-state index contributed by atoms with van der Waals surface area (Å²) in [7, 11) is 2.16. The fourth-order valence-electron chi connectivity index (χ4n) is 3.45. The van der Waals surface area contributed by atoms with E-state index in [0.29, 0.717) is 6.04 Å². The number of nitrogens with one attached hydrogen (secondary N) is 2. The maximum atomic E-state index is 10.5. The summed E-state index contributed by atoms with van der Waals surface area (Å²) in [5.74, 6) is 0.213. The number of aromatic nitrogens is 4. The fourth-order valence-corrected chi connectivity index (χ4v) is 5.50. The van der Waals surface area contributed by atoms with Crippen molar-refractivity contribution >= 4 is 49.9 Å². The zero-order valence-corrected chi connectivity index (χ0v) is 18.2. The fraction of sp³-hybridized carbons (Fsp3) is 0.316. The molecule has 1 aliphatic heterocycles. The number of thiazole rings is 2. The number of fused-ring (bicyclic) bond motifs is 1. The van der Waals surface area contributed by atoms with Crippen LogP contribution in [0.4, 0.5) is 5.13 Å². The summed E-state index contributed by atoms with van der Waals surface area (Å²) in [5.41, 5.74) is 2.58. The Morgan fingerprint density at radius 1 is 1.14 bits per heavy atom. The molecule has 0 spiro atoms. The van der Waals surface area contributed by atoms with Crippen LogP contribution in [0, 0.1) is 0 Å². The first-order valence-electron chi connectivity index (χ1n) is 9.21. The van der Waals surface area contributed by atoms with Gasteiger partial charge < -0.3 is 15.3 Å². The molecule has 4 aromatic rings. The van der Waals surface area contributed by atoms with Gasteiger partial charge in [0, 0.05) is 17.8 Å². The molecule has 1 aromatic carbocycles. The molecule has 0 aliphatic carbocycles. The third-order valence-corrected chi connectivity index (χ3v) is 7.07. The Balaban J connectivity index is 0.00000205. The van der Waals surface area contributed by atoms with E-state index in [9.17, 15) is 5.11 Å². The molecular formula is C19H21ClN6OS2. The van der Waals surface area contributed by atoms with Crippen LogP contribution in [-0.2, 0) is 0 Å². The Hall–Kier alpha value is -2.20. The second-order valence-electron chi connectivity index (χ2n) is 7.09. The summed E-state index contributed by atoms with van der Waals surface area (Å²) in [5, 5.41) is 22.5. The van der Waals surface area contributed by atoms with Crippen molar-refractivity contribution in [2.24, 2.45) is 0 Å². The number of phenolic OH excluding ortho intramolecular Hbond substituents is 1. The summed E-state index contributed by atoms with van der Waals surface area (Å²) in [6, 6.07) is 6.10. The van der Waals surface area contributed by atoms with Gasteiger partial charge in [-0.25, -0.2) is 9.97 Å². The summed E-state index contributed by atoms with van der Waals surface area (Å²) < 4.78 is 0. The highest BCUT2D eigenvalue weighted by atomic mass is 35.5. The second kappa shape index (κ2) is 8.27. The molecule has 0 radical (unpaired) electrons.